The molecule has 1 heterocycles. The molecule has 0 fully saturated rings. The molecule has 0 radical (unpaired) electrons. The lowest BCUT2D eigenvalue weighted by atomic mass is 9.95. The third kappa shape index (κ3) is 4.10. The smallest absolute Gasteiger partial charge is 0.332 e. The van der Waals surface area contributed by atoms with Crippen LogP contribution in [0.5, 0.6) is 0 Å². The molecular weight excluding hydrogens is 279 g/mol. The summed E-state index contributed by atoms with van der Waals surface area (Å²) in [5.41, 5.74) is 3.33. The minimum absolute atomic E-state index is 0. The summed E-state index contributed by atoms with van der Waals surface area (Å²) in [5.74, 6) is -1.15. The number of ether oxygens (including phenoxy) is 1. The van der Waals surface area contributed by atoms with Gasteiger partial charge in [0, 0.05) is 18.3 Å². The summed E-state index contributed by atoms with van der Waals surface area (Å²) in [4.78, 5) is 17.4. The van der Waals surface area contributed by atoms with Crippen molar-refractivity contribution in [3.63, 3.8) is 0 Å². The molecule has 1 rings (SSSR count). The van der Waals surface area contributed by atoms with E-state index in [1.165, 1.54) is 12.5 Å². The number of H-pyrrole nitrogens is 1. The number of nitrogens with zero attached hydrogens (tertiary/aromatic N) is 1. The molecule has 1 unspecified atom stereocenters. The molecule has 1 aromatic rings. The first-order valence-electron chi connectivity index (χ1n) is 4.13. The van der Waals surface area contributed by atoms with Crippen molar-refractivity contribution in [2.75, 3.05) is 7.11 Å². The number of halogens is 4. The number of imidazole rings is 1. The molecule has 5 nitrogen and oxygen atoms in total. The zero-order valence-corrected chi connectivity index (χ0v) is 10.5. The minimum atomic E-state index is -3.01. The number of methoxy groups -OCH3 is 1. The van der Waals surface area contributed by atoms with E-state index in [2.05, 4.69) is 14.7 Å². The Kier molecular flexibility index (Phi) is 8.04. The van der Waals surface area contributed by atoms with E-state index in [-0.39, 0.29) is 31.2 Å². The Labute approximate surface area is 109 Å². The van der Waals surface area contributed by atoms with E-state index in [1.807, 2.05) is 0 Å². The van der Waals surface area contributed by atoms with E-state index in [0.717, 1.165) is 7.11 Å². The molecule has 1 aromatic heterocycles. The molecule has 0 aliphatic heterocycles. The lowest BCUT2D eigenvalue weighted by Crippen LogP contribution is -2.56. The molecule has 0 saturated heterocycles. The Morgan fingerprint density at radius 2 is 2.24 bits per heavy atom. The Balaban J connectivity index is 0. The van der Waals surface area contributed by atoms with Crippen molar-refractivity contribution in [3.05, 3.63) is 18.2 Å². The van der Waals surface area contributed by atoms with E-state index < -0.39 is 17.9 Å². The van der Waals surface area contributed by atoms with Crippen molar-refractivity contribution in [1.82, 2.24) is 9.97 Å². The lowest BCUT2D eigenvalue weighted by Gasteiger charge is -2.24. The fourth-order valence-electron chi connectivity index (χ4n) is 1.12. The van der Waals surface area contributed by atoms with E-state index in [4.69, 9.17) is 5.73 Å². The van der Waals surface area contributed by atoms with Crippen molar-refractivity contribution in [2.45, 2.75) is 18.4 Å². The highest BCUT2D eigenvalue weighted by Gasteiger charge is 2.45. The quantitative estimate of drug-likeness (QED) is 0.809. The molecule has 0 saturated carbocycles. The van der Waals surface area contributed by atoms with Crippen LogP contribution in [-0.4, -0.2) is 35.0 Å². The van der Waals surface area contributed by atoms with Crippen LogP contribution < -0.4 is 5.73 Å². The second-order valence-corrected chi connectivity index (χ2v) is 3.09. The molecule has 0 amide bonds. The van der Waals surface area contributed by atoms with Crippen molar-refractivity contribution >= 4 is 30.8 Å². The first-order valence-corrected chi connectivity index (χ1v) is 4.13. The molecule has 3 N–H and O–H groups in total. The van der Waals surface area contributed by atoms with Gasteiger partial charge in [-0.1, -0.05) is 0 Å². The molecule has 0 bridgehead atoms. The third-order valence-corrected chi connectivity index (χ3v) is 1.99. The summed E-state index contributed by atoms with van der Waals surface area (Å²) in [6, 6.07) is 0. The van der Waals surface area contributed by atoms with E-state index in [9.17, 15) is 13.6 Å². The molecule has 0 spiro atoms. The van der Waals surface area contributed by atoms with Gasteiger partial charge in [0.15, 0.2) is 5.54 Å². The van der Waals surface area contributed by atoms with E-state index in [1.54, 1.807) is 0 Å². The highest BCUT2D eigenvalue weighted by molar-refractivity contribution is 5.85. The number of esters is 1. The number of hydrogen-bond acceptors (Lipinski definition) is 4. The van der Waals surface area contributed by atoms with Gasteiger partial charge in [0.05, 0.1) is 13.4 Å². The van der Waals surface area contributed by atoms with Crippen LogP contribution in [0.25, 0.3) is 0 Å². The van der Waals surface area contributed by atoms with Crippen molar-refractivity contribution < 1.29 is 18.3 Å². The number of alkyl halides is 2. The Bertz CT molecular complexity index is 338. The van der Waals surface area contributed by atoms with Crippen molar-refractivity contribution in [3.8, 4) is 0 Å². The number of nitrogens with two attached hydrogens (primary N) is 1. The van der Waals surface area contributed by atoms with Crippen LogP contribution in [0.15, 0.2) is 12.5 Å². The Morgan fingerprint density at radius 1 is 1.65 bits per heavy atom. The summed E-state index contributed by atoms with van der Waals surface area (Å²) >= 11 is 0. The summed E-state index contributed by atoms with van der Waals surface area (Å²) in [6.45, 7) is 0. The van der Waals surface area contributed by atoms with Crippen LogP contribution in [0.2, 0.25) is 0 Å². The minimum Gasteiger partial charge on any atom is -0.467 e. The number of rotatable bonds is 4. The first-order chi connectivity index (χ1) is 7.00. The fraction of sp³-hybridized carbons (Fsp3) is 0.500. The number of carbonyl (C=O) groups excluding carboxylic acids is 1. The zero-order chi connectivity index (χ0) is 11.5. The van der Waals surface area contributed by atoms with Gasteiger partial charge < -0.3 is 15.5 Å². The highest BCUT2D eigenvalue weighted by atomic mass is 35.5. The molecule has 1 atom stereocenters. The Morgan fingerprint density at radius 3 is 2.59 bits per heavy atom. The van der Waals surface area contributed by atoms with Gasteiger partial charge in [0.2, 0.25) is 0 Å². The zero-order valence-electron chi connectivity index (χ0n) is 8.85. The lowest BCUT2D eigenvalue weighted by molar-refractivity contribution is -0.153. The molecule has 9 heteroatoms. The number of nitrogens with one attached hydrogen (secondary N) is 1. The number of aromatic amines is 1. The van der Waals surface area contributed by atoms with Gasteiger partial charge in [-0.3, -0.25) is 0 Å². The maximum absolute atomic E-state index is 12.7. The normalized spacial score (nSPS) is 13.2. The van der Waals surface area contributed by atoms with Crippen LogP contribution in [0.4, 0.5) is 8.78 Å². The molecule has 0 aliphatic rings. The summed E-state index contributed by atoms with van der Waals surface area (Å²) < 4.78 is 29.6. The second kappa shape index (κ2) is 7.41. The van der Waals surface area contributed by atoms with Crippen LogP contribution in [0.1, 0.15) is 5.69 Å². The average Bonchev–Trinajstić information content (AvgIpc) is 2.68. The molecule has 0 aromatic carbocycles. The summed E-state index contributed by atoms with van der Waals surface area (Å²) in [7, 11) is 1.01. The SMILES string of the molecule is COC(=O)C(N)(Cc1cnc[nH]1)C(F)F.Cl.Cl. The van der Waals surface area contributed by atoms with Crippen LogP contribution >= 0.6 is 24.8 Å². The third-order valence-electron chi connectivity index (χ3n) is 1.99. The van der Waals surface area contributed by atoms with Gasteiger partial charge in [-0.15, -0.1) is 24.8 Å². The van der Waals surface area contributed by atoms with Crippen LogP contribution in [-0.2, 0) is 16.0 Å². The maximum Gasteiger partial charge on any atom is 0.332 e. The van der Waals surface area contributed by atoms with Gasteiger partial charge in [-0.25, -0.2) is 18.6 Å². The largest absolute Gasteiger partial charge is 0.467 e. The second-order valence-electron chi connectivity index (χ2n) is 3.09. The maximum atomic E-state index is 12.7. The van der Waals surface area contributed by atoms with E-state index >= 15 is 0 Å². The van der Waals surface area contributed by atoms with Crippen molar-refractivity contribution in [2.24, 2.45) is 5.73 Å². The van der Waals surface area contributed by atoms with Gasteiger partial charge >= 0.3 is 5.97 Å². The van der Waals surface area contributed by atoms with Crippen molar-refractivity contribution in [1.29, 1.82) is 0 Å². The first kappa shape index (κ1) is 18.4. The monoisotopic (exact) mass is 291 g/mol. The van der Waals surface area contributed by atoms with Gasteiger partial charge in [-0.05, 0) is 0 Å². The molecular formula is C8H13Cl2F2N3O2. The van der Waals surface area contributed by atoms with Gasteiger partial charge in [0.25, 0.3) is 6.43 Å². The predicted molar refractivity (Wildman–Crippen MR) is 61.7 cm³/mol. The highest BCUT2D eigenvalue weighted by Crippen LogP contribution is 2.19. The fourth-order valence-corrected chi connectivity index (χ4v) is 1.12. The number of carbonyl (C=O) groups is 1. The standard InChI is InChI=1S/C8H11F2N3O2.2ClH/c1-15-7(14)8(11,6(9)10)2-5-3-12-4-13-5;;/h3-4,6H,2,11H2,1H3,(H,12,13);2*1H. The van der Waals surface area contributed by atoms with Crippen LogP contribution in [0, 0.1) is 0 Å². The number of aromatic nitrogens is 2. The van der Waals surface area contributed by atoms with E-state index in [0.29, 0.717) is 5.69 Å². The molecule has 100 valence electrons. The molecule has 0 aliphatic carbocycles. The predicted octanol–water partition coefficient (Wildman–Crippen LogP) is 0.931. The van der Waals surface area contributed by atoms with Gasteiger partial charge in [0.1, 0.15) is 0 Å². The average molecular weight is 292 g/mol. The molecule has 17 heavy (non-hydrogen) atoms. The summed E-state index contributed by atoms with van der Waals surface area (Å²) in [5, 5.41) is 0. The van der Waals surface area contributed by atoms with Crippen LogP contribution in [0.3, 0.4) is 0 Å². The Hall–Kier alpha value is -0.920. The number of hydrogen-bond donors (Lipinski definition) is 2. The van der Waals surface area contributed by atoms with Gasteiger partial charge in [-0.2, -0.15) is 0 Å². The topological polar surface area (TPSA) is 81.0 Å². The summed E-state index contributed by atoms with van der Waals surface area (Å²) in [6.07, 6.45) is -0.712.